The molecule has 0 saturated carbocycles. The number of carbonyl (C=O) groups is 2. The molecular weight excluding hydrogens is 402 g/mol. The van der Waals surface area contributed by atoms with E-state index in [-0.39, 0.29) is 11.8 Å². The highest BCUT2D eigenvalue weighted by Gasteiger charge is 2.17. The maximum absolute atomic E-state index is 12.8. The van der Waals surface area contributed by atoms with Crippen molar-refractivity contribution in [2.45, 2.75) is 6.92 Å². The average Bonchev–Trinajstić information content (AvgIpc) is 3.15. The van der Waals surface area contributed by atoms with Gasteiger partial charge in [-0.15, -0.1) is 0 Å². The Bertz CT molecular complexity index is 1300. The summed E-state index contributed by atoms with van der Waals surface area (Å²) in [5, 5.41) is 5.76. The number of para-hydroxylation sites is 1. The van der Waals surface area contributed by atoms with Crippen LogP contribution in [0.1, 0.15) is 16.2 Å². The summed E-state index contributed by atoms with van der Waals surface area (Å²) in [5.74, 6) is 0.698. The topological polar surface area (TPSA) is 79.3 Å². The number of benzene rings is 3. The Hall–Kier alpha value is -4.13. The van der Waals surface area contributed by atoms with Crippen LogP contribution >= 0.6 is 0 Å². The van der Waals surface area contributed by atoms with Gasteiger partial charge in [0.25, 0.3) is 5.91 Å². The van der Waals surface area contributed by atoms with Crippen molar-refractivity contribution in [3.05, 3.63) is 84.2 Å². The van der Waals surface area contributed by atoms with E-state index in [2.05, 4.69) is 20.2 Å². The molecule has 2 N–H and O–H groups in total. The first kappa shape index (κ1) is 19.8. The number of aromatic nitrogens is 2. The second-order valence-electron chi connectivity index (χ2n) is 7.81. The summed E-state index contributed by atoms with van der Waals surface area (Å²) in [4.78, 5) is 31.1. The van der Waals surface area contributed by atoms with Gasteiger partial charge in [0.2, 0.25) is 5.91 Å². The van der Waals surface area contributed by atoms with Crippen molar-refractivity contribution in [1.82, 2.24) is 14.9 Å². The minimum Gasteiger partial charge on any atom is -0.360 e. The summed E-state index contributed by atoms with van der Waals surface area (Å²) < 4.78 is 2.08. The summed E-state index contributed by atoms with van der Waals surface area (Å²) in [7, 11) is 0. The number of piperazine rings is 1. The van der Waals surface area contributed by atoms with Gasteiger partial charge in [0.05, 0.1) is 17.6 Å². The van der Waals surface area contributed by atoms with Crippen molar-refractivity contribution in [1.29, 1.82) is 0 Å². The lowest BCUT2D eigenvalue weighted by atomic mass is 10.1. The summed E-state index contributed by atoms with van der Waals surface area (Å²) in [6.07, 6.45) is 0. The van der Waals surface area contributed by atoms with E-state index < -0.39 is 0 Å². The molecule has 2 heterocycles. The van der Waals surface area contributed by atoms with E-state index in [0.29, 0.717) is 24.3 Å². The van der Waals surface area contributed by atoms with Gasteiger partial charge in [0, 0.05) is 35.7 Å². The molecule has 2 amide bonds. The van der Waals surface area contributed by atoms with Crippen LogP contribution in [-0.2, 0) is 4.79 Å². The summed E-state index contributed by atoms with van der Waals surface area (Å²) in [6, 6.07) is 23.2. The molecular formula is C25H23N5O2. The Morgan fingerprint density at radius 3 is 2.53 bits per heavy atom. The third-order valence-corrected chi connectivity index (χ3v) is 5.63. The lowest BCUT2D eigenvalue weighted by Crippen LogP contribution is -2.47. The molecule has 7 nitrogen and oxygen atoms in total. The van der Waals surface area contributed by atoms with Crippen molar-refractivity contribution in [2.24, 2.45) is 0 Å². The first-order valence-electron chi connectivity index (χ1n) is 10.6. The van der Waals surface area contributed by atoms with Gasteiger partial charge in [-0.2, -0.15) is 0 Å². The molecule has 0 radical (unpaired) electrons. The Kier molecular flexibility index (Phi) is 5.07. The van der Waals surface area contributed by atoms with Gasteiger partial charge in [-0.05, 0) is 61.5 Å². The predicted molar refractivity (Wildman–Crippen MR) is 125 cm³/mol. The molecule has 1 saturated heterocycles. The molecule has 1 fully saturated rings. The van der Waals surface area contributed by atoms with Crippen LogP contribution in [-0.4, -0.2) is 41.0 Å². The zero-order valence-electron chi connectivity index (χ0n) is 17.7. The van der Waals surface area contributed by atoms with Crippen LogP contribution < -0.4 is 15.5 Å². The summed E-state index contributed by atoms with van der Waals surface area (Å²) in [5.41, 5.74) is 4.98. The first-order chi connectivity index (χ1) is 15.6. The van der Waals surface area contributed by atoms with Crippen LogP contribution in [0.25, 0.3) is 16.7 Å². The van der Waals surface area contributed by atoms with Gasteiger partial charge in [0.1, 0.15) is 5.82 Å². The molecule has 1 aromatic heterocycles. The Balaban J connectivity index is 1.34. The second-order valence-corrected chi connectivity index (χ2v) is 7.81. The first-order valence-corrected chi connectivity index (χ1v) is 10.6. The zero-order chi connectivity index (χ0) is 22.1. The molecule has 0 spiro atoms. The Morgan fingerprint density at radius 2 is 1.78 bits per heavy atom. The maximum atomic E-state index is 12.8. The van der Waals surface area contributed by atoms with Crippen molar-refractivity contribution in [3.8, 4) is 5.69 Å². The number of hydrogen-bond donors (Lipinski definition) is 2. The van der Waals surface area contributed by atoms with Gasteiger partial charge in [-0.25, -0.2) is 4.98 Å². The number of nitrogens with one attached hydrogen (secondary N) is 2. The highest BCUT2D eigenvalue weighted by molar-refractivity contribution is 6.06. The maximum Gasteiger partial charge on any atom is 0.255 e. The summed E-state index contributed by atoms with van der Waals surface area (Å²) in [6.45, 7) is 3.72. The average molecular weight is 425 g/mol. The molecule has 0 aliphatic carbocycles. The standard InChI is InChI=1S/C25H23N5O2/c1-17-27-22-15-18(7-12-23(22)30(17)21-5-3-2-4-6-21)25(32)28-19-8-10-20(11-9-19)29-14-13-26-24(31)16-29/h2-12,15H,13-14,16H2,1H3,(H,26,31)(H,28,32). The van der Waals surface area contributed by atoms with Crippen molar-refractivity contribution in [3.63, 3.8) is 0 Å². The number of amides is 2. The molecule has 5 rings (SSSR count). The molecule has 0 atom stereocenters. The van der Waals surface area contributed by atoms with E-state index in [1.165, 1.54) is 0 Å². The lowest BCUT2D eigenvalue weighted by molar-refractivity contribution is -0.120. The van der Waals surface area contributed by atoms with Crippen molar-refractivity contribution < 1.29 is 9.59 Å². The van der Waals surface area contributed by atoms with E-state index in [1.54, 1.807) is 0 Å². The van der Waals surface area contributed by atoms with Crippen molar-refractivity contribution in [2.75, 3.05) is 29.9 Å². The molecule has 1 aliphatic rings. The number of aryl methyl sites for hydroxylation is 1. The van der Waals surface area contributed by atoms with Gasteiger partial charge < -0.3 is 15.5 Å². The molecule has 7 heteroatoms. The van der Waals surface area contributed by atoms with Gasteiger partial charge in [-0.1, -0.05) is 18.2 Å². The Labute approximate surface area is 185 Å². The van der Waals surface area contributed by atoms with Gasteiger partial charge in [0.15, 0.2) is 0 Å². The summed E-state index contributed by atoms with van der Waals surface area (Å²) >= 11 is 0. The highest BCUT2D eigenvalue weighted by atomic mass is 16.2. The fourth-order valence-electron chi connectivity index (χ4n) is 4.06. The van der Waals surface area contributed by atoms with Crippen LogP contribution in [0, 0.1) is 6.92 Å². The van der Waals surface area contributed by atoms with Crippen LogP contribution in [0.4, 0.5) is 11.4 Å². The van der Waals surface area contributed by atoms with Gasteiger partial charge >= 0.3 is 0 Å². The number of fused-ring (bicyclic) bond motifs is 1. The lowest BCUT2D eigenvalue weighted by Gasteiger charge is -2.28. The fourth-order valence-corrected chi connectivity index (χ4v) is 4.06. The van der Waals surface area contributed by atoms with Crippen LogP contribution in [0.2, 0.25) is 0 Å². The minimum absolute atomic E-state index is 0.0222. The van der Waals surface area contributed by atoms with Gasteiger partial charge in [-0.3, -0.25) is 14.2 Å². The SMILES string of the molecule is Cc1nc2cc(C(=O)Nc3ccc(N4CCNC(=O)C4)cc3)ccc2n1-c1ccccc1. The highest BCUT2D eigenvalue weighted by Crippen LogP contribution is 2.23. The van der Waals surface area contributed by atoms with E-state index in [0.717, 1.165) is 34.8 Å². The van der Waals surface area contributed by atoms with Crippen LogP contribution in [0.5, 0.6) is 0 Å². The number of imidazole rings is 1. The normalized spacial score (nSPS) is 13.8. The number of hydrogen-bond acceptors (Lipinski definition) is 4. The minimum atomic E-state index is -0.191. The smallest absolute Gasteiger partial charge is 0.255 e. The number of nitrogens with zero attached hydrogens (tertiary/aromatic N) is 3. The zero-order valence-corrected chi connectivity index (χ0v) is 17.7. The van der Waals surface area contributed by atoms with Crippen LogP contribution in [0.3, 0.4) is 0 Å². The third kappa shape index (κ3) is 3.80. The molecule has 1 aliphatic heterocycles. The largest absolute Gasteiger partial charge is 0.360 e. The van der Waals surface area contributed by atoms with Crippen LogP contribution in [0.15, 0.2) is 72.8 Å². The number of anilines is 2. The molecule has 0 unspecified atom stereocenters. The van der Waals surface area contributed by atoms with E-state index >= 15 is 0 Å². The quantitative estimate of drug-likeness (QED) is 0.524. The third-order valence-electron chi connectivity index (χ3n) is 5.63. The molecule has 0 bridgehead atoms. The van der Waals surface area contributed by atoms with Crippen molar-refractivity contribution >= 4 is 34.2 Å². The molecule has 32 heavy (non-hydrogen) atoms. The molecule has 4 aromatic rings. The second kappa shape index (κ2) is 8.19. The fraction of sp³-hybridized carbons (Fsp3) is 0.160. The van der Waals surface area contributed by atoms with E-state index in [4.69, 9.17) is 0 Å². The Morgan fingerprint density at radius 1 is 1.00 bits per heavy atom. The number of rotatable bonds is 4. The predicted octanol–water partition coefficient (Wildman–Crippen LogP) is 3.52. The van der Waals surface area contributed by atoms with E-state index in [1.807, 2.05) is 84.6 Å². The monoisotopic (exact) mass is 425 g/mol. The molecule has 3 aromatic carbocycles. The van der Waals surface area contributed by atoms with E-state index in [9.17, 15) is 9.59 Å². The number of carbonyl (C=O) groups excluding carboxylic acids is 2. The molecule has 160 valence electrons.